The molecule has 0 fully saturated rings. The SMILES string of the molecule is CCC(C)c1ccc(Cn2c(/N=N/c3nc(N(CC)CC)sc3C(C)(C)C)nc(C#N)c2C#N)cc1. The maximum absolute atomic E-state index is 9.77. The number of imidazole rings is 1. The molecule has 0 saturated carbocycles. The van der Waals surface area contributed by atoms with E-state index in [9.17, 15) is 10.5 Å². The third kappa shape index (κ3) is 5.80. The smallest absolute Gasteiger partial charge is 0.252 e. The van der Waals surface area contributed by atoms with E-state index in [4.69, 9.17) is 4.98 Å². The van der Waals surface area contributed by atoms with E-state index in [1.807, 2.05) is 18.2 Å². The summed E-state index contributed by atoms with van der Waals surface area (Å²) in [5, 5.41) is 29.1. The molecule has 0 aliphatic heterocycles. The van der Waals surface area contributed by atoms with Gasteiger partial charge in [0.1, 0.15) is 12.1 Å². The number of thiazole rings is 1. The van der Waals surface area contributed by atoms with Crippen molar-refractivity contribution in [1.29, 1.82) is 10.5 Å². The second-order valence-corrected chi connectivity index (χ2v) is 10.7. The van der Waals surface area contributed by atoms with Crippen molar-refractivity contribution in [1.82, 2.24) is 14.5 Å². The van der Waals surface area contributed by atoms with Crippen LogP contribution in [0.3, 0.4) is 0 Å². The number of anilines is 1. The van der Waals surface area contributed by atoms with Crippen LogP contribution in [0.4, 0.5) is 16.9 Å². The Hall–Kier alpha value is -3.56. The molecule has 0 aliphatic rings. The first-order valence-corrected chi connectivity index (χ1v) is 13.2. The zero-order valence-electron chi connectivity index (χ0n) is 22.2. The van der Waals surface area contributed by atoms with Crippen molar-refractivity contribution in [3.63, 3.8) is 0 Å². The van der Waals surface area contributed by atoms with E-state index in [0.29, 0.717) is 18.3 Å². The van der Waals surface area contributed by atoms with Crippen LogP contribution < -0.4 is 4.90 Å². The molecule has 188 valence electrons. The molecule has 2 heterocycles. The zero-order valence-corrected chi connectivity index (χ0v) is 23.0. The zero-order chi connectivity index (χ0) is 26.5. The topological polar surface area (TPSA) is 106 Å². The highest BCUT2D eigenvalue weighted by Crippen LogP contribution is 2.40. The lowest BCUT2D eigenvalue weighted by molar-refractivity contribution is 0.603. The molecule has 8 nitrogen and oxygen atoms in total. The summed E-state index contributed by atoms with van der Waals surface area (Å²) in [5.41, 5.74) is 2.31. The van der Waals surface area contributed by atoms with Gasteiger partial charge in [0.2, 0.25) is 0 Å². The minimum Gasteiger partial charge on any atom is -0.349 e. The van der Waals surface area contributed by atoms with Gasteiger partial charge in [0.15, 0.2) is 22.3 Å². The molecule has 0 radical (unpaired) electrons. The Labute approximate surface area is 218 Å². The fraction of sp³-hybridized carbons (Fsp3) is 0.481. The third-order valence-corrected chi connectivity index (χ3v) is 7.74. The van der Waals surface area contributed by atoms with Gasteiger partial charge in [-0.15, -0.1) is 10.2 Å². The summed E-state index contributed by atoms with van der Waals surface area (Å²) in [6.07, 6.45) is 1.07. The van der Waals surface area contributed by atoms with E-state index in [1.54, 1.807) is 15.9 Å². The highest BCUT2D eigenvalue weighted by molar-refractivity contribution is 7.16. The van der Waals surface area contributed by atoms with Gasteiger partial charge in [0.05, 0.1) is 11.4 Å². The largest absolute Gasteiger partial charge is 0.349 e. The van der Waals surface area contributed by atoms with Gasteiger partial charge in [-0.25, -0.2) is 0 Å². The number of nitrogens with zero attached hydrogens (tertiary/aromatic N) is 8. The molecule has 3 aromatic rings. The van der Waals surface area contributed by atoms with Crippen LogP contribution in [0.25, 0.3) is 0 Å². The lowest BCUT2D eigenvalue weighted by Crippen LogP contribution is -2.21. The van der Waals surface area contributed by atoms with Crippen LogP contribution in [-0.2, 0) is 12.0 Å². The average Bonchev–Trinajstić information content (AvgIpc) is 3.44. The number of hydrogen-bond donors (Lipinski definition) is 0. The molecule has 3 rings (SSSR count). The molecule has 9 heteroatoms. The summed E-state index contributed by atoms with van der Waals surface area (Å²) in [6, 6.07) is 12.4. The molecule has 0 aliphatic carbocycles. The Kier molecular flexibility index (Phi) is 8.60. The van der Waals surface area contributed by atoms with Gasteiger partial charge >= 0.3 is 0 Å². The first-order valence-electron chi connectivity index (χ1n) is 12.3. The fourth-order valence-electron chi connectivity index (χ4n) is 3.81. The Morgan fingerprint density at radius 2 is 1.69 bits per heavy atom. The monoisotopic (exact) mass is 502 g/mol. The van der Waals surface area contributed by atoms with Crippen LogP contribution in [0.1, 0.15) is 88.2 Å². The molecule has 0 amide bonds. The molecule has 0 saturated heterocycles. The van der Waals surface area contributed by atoms with Gasteiger partial charge in [-0.2, -0.15) is 20.5 Å². The first kappa shape index (κ1) is 27.0. The van der Waals surface area contributed by atoms with Crippen LogP contribution in [0.15, 0.2) is 34.5 Å². The summed E-state index contributed by atoms with van der Waals surface area (Å²) >= 11 is 1.62. The van der Waals surface area contributed by atoms with Crippen molar-refractivity contribution in [2.24, 2.45) is 10.2 Å². The van der Waals surface area contributed by atoms with Crippen molar-refractivity contribution in [2.45, 2.75) is 72.8 Å². The Balaban J connectivity index is 2.03. The Bertz CT molecular complexity index is 1290. The van der Waals surface area contributed by atoms with Crippen LogP contribution in [0.5, 0.6) is 0 Å². The number of azo groups is 1. The van der Waals surface area contributed by atoms with Gasteiger partial charge in [-0.05, 0) is 37.3 Å². The third-order valence-electron chi connectivity index (χ3n) is 6.21. The van der Waals surface area contributed by atoms with Gasteiger partial charge in [0.25, 0.3) is 5.95 Å². The highest BCUT2D eigenvalue weighted by atomic mass is 32.1. The summed E-state index contributed by atoms with van der Waals surface area (Å²) in [5.74, 6) is 1.23. The van der Waals surface area contributed by atoms with Crippen molar-refractivity contribution < 1.29 is 0 Å². The predicted molar refractivity (Wildman–Crippen MR) is 144 cm³/mol. The molecule has 0 spiro atoms. The summed E-state index contributed by atoms with van der Waals surface area (Å²) < 4.78 is 1.65. The number of hydrogen-bond acceptors (Lipinski definition) is 8. The number of rotatable bonds is 9. The maximum Gasteiger partial charge on any atom is 0.252 e. The van der Waals surface area contributed by atoms with Crippen LogP contribution in [0, 0.1) is 22.7 Å². The molecule has 2 aromatic heterocycles. The van der Waals surface area contributed by atoms with Crippen LogP contribution in [-0.4, -0.2) is 27.6 Å². The summed E-state index contributed by atoms with van der Waals surface area (Å²) in [4.78, 5) is 12.3. The van der Waals surface area contributed by atoms with Crippen molar-refractivity contribution in [3.05, 3.63) is 51.7 Å². The number of nitriles is 2. The molecular formula is C27H34N8S. The molecule has 36 heavy (non-hydrogen) atoms. The summed E-state index contributed by atoms with van der Waals surface area (Å²) in [6.45, 7) is 17.0. The van der Waals surface area contributed by atoms with Crippen molar-refractivity contribution in [3.8, 4) is 12.1 Å². The first-order chi connectivity index (χ1) is 17.2. The Morgan fingerprint density at radius 1 is 1.03 bits per heavy atom. The fourth-order valence-corrected chi connectivity index (χ4v) is 4.99. The quantitative estimate of drug-likeness (QED) is 0.287. The van der Waals surface area contributed by atoms with Gasteiger partial charge < -0.3 is 4.90 Å². The molecule has 0 bridgehead atoms. The molecule has 1 unspecified atom stereocenters. The molecular weight excluding hydrogens is 468 g/mol. The minimum absolute atomic E-state index is 0.0424. The maximum atomic E-state index is 9.77. The van der Waals surface area contributed by atoms with Crippen LogP contribution in [0.2, 0.25) is 0 Å². The van der Waals surface area contributed by atoms with Crippen LogP contribution >= 0.6 is 11.3 Å². The lowest BCUT2D eigenvalue weighted by atomic mass is 9.95. The van der Waals surface area contributed by atoms with Gasteiger partial charge in [0, 0.05) is 18.5 Å². The normalized spacial score (nSPS) is 12.5. The van der Waals surface area contributed by atoms with E-state index in [-0.39, 0.29) is 22.8 Å². The van der Waals surface area contributed by atoms with E-state index < -0.39 is 0 Å². The second kappa shape index (κ2) is 11.5. The minimum atomic E-state index is -0.167. The molecule has 0 N–H and O–H groups in total. The number of benzene rings is 1. The predicted octanol–water partition coefficient (Wildman–Crippen LogP) is 7.20. The second-order valence-electron chi connectivity index (χ2n) is 9.74. The van der Waals surface area contributed by atoms with E-state index >= 15 is 0 Å². The van der Waals surface area contributed by atoms with Crippen molar-refractivity contribution >= 4 is 28.2 Å². The van der Waals surface area contributed by atoms with E-state index in [0.717, 1.165) is 35.1 Å². The van der Waals surface area contributed by atoms with Gasteiger partial charge in [-0.1, -0.05) is 70.2 Å². The lowest BCUT2D eigenvalue weighted by Gasteiger charge is -2.17. The van der Waals surface area contributed by atoms with E-state index in [2.05, 4.69) is 86.8 Å². The standard InChI is InChI=1S/C27H34N8S/c1-8-18(4)20-13-11-19(12-14-20)17-35-22(16-29)21(15-28)30-25(35)33-32-24-23(27(5,6)7)36-26(31-24)34(9-2)10-3/h11-14,18H,8-10,17H2,1-7H3/b33-32+. The summed E-state index contributed by atoms with van der Waals surface area (Å²) in [7, 11) is 0. The molecule has 1 atom stereocenters. The Morgan fingerprint density at radius 3 is 2.22 bits per heavy atom. The highest BCUT2D eigenvalue weighted by Gasteiger charge is 2.25. The van der Waals surface area contributed by atoms with Crippen molar-refractivity contribution in [2.75, 3.05) is 18.0 Å². The molecule has 1 aromatic carbocycles. The number of aromatic nitrogens is 3. The average molecular weight is 503 g/mol. The van der Waals surface area contributed by atoms with E-state index in [1.165, 1.54) is 5.56 Å². The van der Waals surface area contributed by atoms with Gasteiger partial charge in [-0.3, -0.25) is 4.57 Å².